The Labute approximate surface area is 126 Å². The number of rotatable bonds is 3. The summed E-state index contributed by atoms with van der Waals surface area (Å²) in [5.74, 6) is 0.162. The largest absolute Gasteiger partial charge is 0.490 e. The van der Waals surface area contributed by atoms with Gasteiger partial charge in [0.25, 0.3) is 0 Å². The zero-order valence-corrected chi connectivity index (χ0v) is 13.6. The molecule has 0 aliphatic carbocycles. The van der Waals surface area contributed by atoms with Gasteiger partial charge in [-0.1, -0.05) is 12.3 Å². The first-order chi connectivity index (χ1) is 9.53. The molecule has 6 nitrogen and oxygen atoms in total. The van der Waals surface area contributed by atoms with Crippen molar-refractivity contribution in [1.82, 2.24) is 4.90 Å². The van der Waals surface area contributed by atoms with Crippen LogP contribution in [0.3, 0.4) is 0 Å². The van der Waals surface area contributed by atoms with Gasteiger partial charge < -0.3 is 19.3 Å². The van der Waals surface area contributed by atoms with E-state index in [1.165, 1.54) is 12.0 Å². The van der Waals surface area contributed by atoms with Gasteiger partial charge in [-0.3, -0.25) is 4.90 Å². The predicted octanol–water partition coefficient (Wildman–Crippen LogP) is 2.03. The highest BCUT2D eigenvalue weighted by Crippen LogP contribution is 2.32. The lowest BCUT2D eigenvalue weighted by molar-refractivity contribution is -0.0678. The molecule has 1 N–H and O–H groups in total. The van der Waals surface area contributed by atoms with E-state index in [9.17, 15) is 9.90 Å². The van der Waals surface area contributed by atoms with Crippen LogP contribution in [0.15, 0.2) is 18.1 Å². The monoisotopic (exact) mass is 299 g/mol. The normalized spacial score (nSPS) is 22.4. The fourth-order valence-electron chi connectivity index (χ4n) is 2.20. The summed E-state index contributed by atoms with van der Waals surface area (Å²) in [5, 5.41) is 10.4. The maximum Gasteiger partial charge on any atom is 0.413 e. The number of methoxy groups -OCH3 is 1. The Morgan fingerprint density at radius 2 is 2.10 bits per heavy atom. The summed E-state index contributed by atoms with van der Waals surface area (Å²) in [5.41, 5.74) is 1.01. The molecule has 6 heteroatoms. The highest BCUT2D eigenvalue weighted by Gasteiger charge is 2.49. The average Bonchev–Trinajstić information content (AvgIpc) is 2.64. The Hall–Kier alpha value is -1.49. The summed E-state index contributed by atoms with van der Waals surface area (Å²) in [4.78, 5) is 13.8. The van der Waals surface area contributed by atoms with Gasteiger partial charge in [0.2, 0.25) is 0 Å². The van der Waals surface area contributed by atoms with Gasteiger partial charge in [0.05, 0.1) is 19.8 Å². The number of aliphatic hydroxyl groups excluding tert-OH is 1. The molecule has 1 rings (SSSR count). The zero-order chi connectivity index (χ0) is 16.4. The Morgan fingerprint density at radius 3 is 2.52 bits per heavy atom. The van der Waals surface area contributed by atoms with E-state index < -0.39 is 29.6 Å². The minimum absolute atomic E-state index is 0.162. The van der Waals surface area contributed by atoms with E-state index in [1.54, 1.807) is 34.6 Å². The molecule has 2 atom stereocenters. The van der Waals surface area contributed by atoms with Gasteiger partial charge in [0, 0.05) is 0 Å². The van der Waals surface area contributed by atoms with Crippen molar-refractivity contribution in [3.8, 4) is 0 Å². The van der Waals surface area contributed by atoms with Crippen molar-refractivity contribution in [2.45, 2.75) is 58.1 Å². The molecule has 0 saturated carbocycles. The average molecular weight is 299 g/mol. The maximum atomic E-state index is 12.4. The molecule has 1 unspecified atom stereocenters. The lowest BCUT2D eigenvalue weighted by atomic mass is 10.1. The van der Waals surface area contributed by atoms with Gasteiger partial charge in [-0.25, -0.2) is 4.79 Å². The van der Waals surface area contributed by atoms with Crippen LogP contribution >= 0.6 is 0 Å². The van der Waals surface area contributed by atoms with Crippen molar-refractivity contribution < 1.29 is 24.1 Å². The molecule has 0 aromatic heterocycles. The van der Waals surface area contributed by atoms with Crippen molar-refractivity contribution in [2.24, 2.45) is 0 Å². The van der Waals surface area contributed by atoms with E-state index in [0.29, 0.717) is 0 Å². The van der Waals surface area contributed by atoms with Crippen molar-refractivity contribution in [3.05, 3.63) is 18.1 Å². The lowest BCUT2D eigenvalue weighted by Crippen LogP contribution is -2.53. The second-order valence-corrected chi connectivity index (χ2v) is 6.37. The molecular formula is C15H25NO5. The number of hydrogen-bond acceptors (Lipinski definition) is 5. The molecule has 0 aromatic carbocycles. The number of amides is 1. The van der Waals surface area contributed by atoms with Crippen LogP contribution in [0.4, 0.5) is 4.79 Å². The van der Waals surface area contributed by atoms with Crippen molar-refractivity contribution in [1.29, 1.82) is 0 Å². The number of nitrogens with zero attached hydrogens (tertiary/aromatic N) is 1. The van der Waals surface area contributed by atoms with Gasteiger partial charge in [0.15, 0.2) is 5.76 Å². The number of carbonyl (C=O) groups is 1. The zero-order valence-electron chi connectivity index (χ0n) is 13.6. The quantitative estimate of drug-likeness (QED) is 0.638. The summed E-state index contributed by atoms with van der Waals surface area (Å²) in [7, 11) is 1.41. The van der Waals surface area contributed by atoms with Crippen LogP contribution < -0.4 is 0 Å². The Bertz CT molecular complexity index is 445. The van der Waals surface area contributed by atoms with Crippen molar-refractivity contribution in [2.75, 3.05) is 13.7 Å². The third-order valence-corrected chi connectivity index (χ3v) is 3.14. The number of ether oxygens (including phenoxy) is 3. The molecule has 1 saturated heterocycles. The maximum absolute atomic E-state index is 12.4. The third-order valence-electron chi connectivity index (χ3n) is 3.14. The molecule has 0 spiro atoms. The minimum atomic E-state index is -1.08. The molecule has 0 bridgehead atoms. The number of hydrogen-bond donors (Lipinski definition) is 1. The molecule has 1 heterocycles. The third kappa shape index (κ3) is 4.00. The van der Waals surface area contributed by atoms with E-state index in [4.69, 9.17) is 14.2 Å². The molecule has 0 aromatic rings. The highest BCUT2D eigenvalue weighted by atomic mass is 16.6. The van der Waals surface area contributed by atoms with Crippen LogP contribution in [0, 0.1) is 0 Å². The van der Waals surface area contributed by atoms with E-state index in [-0.39, 0.29) is 12.4 Å². The fraction of sp³-hybridized carbons (Fsp3) is 0.733. The van der Waals surface area contributed by atoms with Gasteiger partial charge in [-0.2, -0.15) is 0 Å². The van der Waals surface area contributed by atoms with Crippen LogP contribution in [0.2, 0.25) is 0 Å². The Kier molecular flexibility index (Phi) is 5.10. The molecular weight excluding hydrogens is 274 g/mol. The first-order valence-electron chi connectivity index (χ1n) is 6.81. The van der Waals surface area contributed by atoms with Crippen LogP contribution in [0.5, 0.6) is 0 Å². The summed E-state index contributed by atoms with van der Waals surface area (Å²) in [6.07, 6.45) is -1.63. The molecule has 0 radical (unpaired) electrons. The van der Waals surface area contributed by atoms with E-state index in [2.05, 4.69) is 12.3 Å². The van der Waals surface area contributed by atoms with Gasteiger partial charge in [-0.15, -0.1) is 0 Å². The number of carbonyl (C=O) groups excluding carboxylic acids is 1. The SMILES string of the molecule is C=C=C(OC)C(O)[C@@H]1COC(C)(C)N1C(=O)OC(C)(C)C. The predicted molar refractivity (Wildman–Crippen MR) is 77.6 cm³/mol. The molecule has 1 amide bonds. The van der Waals surface area contributed by atoms with E-state index in [1.807, 2.05) is 0 Å². The Balaban J connectivity index is 3.04. The number of aliphatic hydroxyl groups is 1. The molecule has 21 heavy (non-hydrogen) atoms. The smallest absolute Gasteiger partial charge is 0.413 e. The molecule has 1 aliphatic heterocycles. The first kappa shape index (κ1) is 17.6. The van der Waals surface area contributed by atoms with Gasteiger partial charge in [0.1, 0.15) is 17.4 Å². The summed E-state index contributed by atoms with van der Waals surface area (Å²) in [6, 6.07) is -0.626. The molecule has 1 aliphatic rings. The van der Waals surface area contributed by atoms with Crippen molar-refractivity contribution >= 4 is 6.09 Å². The molecule has 1 fully saturated rings. The standard InChI is InChI=1S/C15H25NO5/c1-8-11(19-7)12(17)10-9-20-15(5,6)16(10)13(18)21-14(2,3)4/h10,12,17H,1,9H2,2-7H3/t10-,12?/m0/s1. The van der Waals surface area contributed by atoms with Crippen LogP contribution in [0.1, 0.15) is 34.6 Å². The second kappa shape index (κ2) is 6.10. The van der Waals surface area contributed by atoms with Crippen molar-refractivity contribution in [3.63, 3.8) is 0 Å². The van der Waals surface area contributed by atoms with E-state index >= 15 is 0 Å². The summed E-state index contributed by atoms with van der Waals surface area (Å²) < 4.78 is 16.0. The fourth-order valence-corrected chi connectivity index (χ4v) is 2.20. The van der Waals surface area contributed by atoms with E-state index in [0.717, 1.165) is 0 Å². The minimum Gasteiger partial charge on any atom is -0.490 e. The first-order valence-corrected chi connectivity index (χ1v) is 6.81. The highest BCUT2D eigenvalue weighted by molar-refractivity contribution is 5.70. The summed E-state index contributed by atoms with van der Waals surface area (Å²) >= 11 is 0. The Morgan fingerprint density at radius 1 is 1.52 bits per heavy atom. The second-order valence-electron chi connectivity index (χ2n) is 6.37. The van der Waals surface area contributed by atoms with Crippen LogP contribution in [-0.2, 0) is 14.2 Å². The topological polar surface area (TPSA) is 68.2 Å². The van der Waals surface area contributed by atoms with Gasteiger partial charge >= 0.3 is 6.09 Å². The van der Waals surface area contributed by atoms with Gasteiger partial charge in [-0.05, 0) is 34.6 Å². The lowest BCUT2D eigenvalue weighted by Gasteiger charge is -2.36. The molecule has 120 valence electrons. The van der Waals surface area contributed by atoms with Crippen LogP contribution in [0.25, 0.3) is 0 Å². The summed E-state index contributed by atoms with van der Waals surface area (Å²) in [6.45, 7) is 12.5. The van der Waals surface area contributed by atoms with Crippen LogP contribution in [-0.4, -0.2) is 53.3 Å².